The van der Waals surface area contributed by atoms with Gasteiger partial charge in [0.1, 0.15) is 11.4 Å². The van der Waals surface area contributed by atoms with E-state index in [9.17, 15) is 4.79 Å². The quantitative estimate of drug-likeness (QED) is 0.742. The minimum Gasteiger partial charge on any atom is -0.294 e. The van der Waals surface area contributed by atoms with Gasteiger partial charge in [-0.3, -0.25) is 14.7 Å². The zero-order valence-electron chi connectivity index (χ0n) is 16.3. The number of hydrogen-bond acceptors (Lipinski definition) is 5. The highest BCUT2D eigenvalue weighted by atomic mass is 16.2. The fourth-order valence-corrected chi connectivity index (χ4v) is 4.47. The summed E-state index contributed by atoms with van der Waals surface area (Å²) in [5, 5.41) is 14.2. The molecule has 0 atom stereocenters. The lowest BCUT2D eigenvalue weighted by molar-refractivity contribution is -0.131. The summed E-state index contributed by atoms with van der Waals surface area (Å²) >= 11 is 0. The summed E-state index contributed by atoms with van der Waals surface area (Å²) in [6.07, 6.45) is 3.94. The number of aliphatic imine (C=N–C) groups is 1. The number of aromatic amines is 1. The lowest BCUT2D eigenvalue weighted by Gasteiger charge is -2.22. The Bertz CT molecular complexity index is 1060. The summed E-state index contributed by atoms with van der Waals surface area (Å²) in [5.74, 6) is 1.64. The van der Waals surface area contributed by atoms with Crippen LogP contribution in [0.2, 0.25) is 0 Å². The molecule has 1 spiro atoms. The molecule has 2 heterocycles. The zero-order chi connectivity index (χ0) is 19.8. The minimum absolute atomic E-state index is 0.166. The number of amidine groups is 1. The predicted molar refractivity (Wildman–Crippen MR) is 110 cm³/mol. The number of rotatable bonds is 4. The second-order valence-electron chi connectivity index (χ2n) is 7.78. The summed E-state index contributed by atoms with van der Waals surface area (Å²) in [4.78, 5) is 19.6. The van der Waals surface area contributed by atoms with E-state index in [1.165, 1.54) is 0 Å². The third-order valence-electron chi connectivity index (χ3n) is 5.97. The number of aromatic nitrogens is 4. The number of hydrogen-bond donors (Lipinski definition) is 1. The number of tetrazole rings is 1. The summed E-state index contributed by atoms with van der Waals surface area (Å²) < 4.78 is 0. The number of nitrogens with one attached hydrogen (secondary N) is 1. The summed E-state index contributed by atoms with van der Waals surface area (Å²) in [6.45, 7) is 2.50. The van der Waals surface area contributed by atoms with Gasteiger partial charge in [-0.05, 0) is 46.9 Å². The Balaban J connectivity index is 1.39. The van der Waals surface area contributed by atoms with Crippen molar-refractivity contribution in [1.82, 2.24) is 25.5 Å². The molecule has 0 unspecified atom stereocenters. The zero-order valence-corrected chi connectivity index (χ0v) is 16.3. The molecule has 1 aliphatic heterocycles. The first-order valence-corrected chi connectivity index (χ1v) is 9.97. The average molecular weight is 386 g/mol. The Morgan fingerprint density at radius 2 is 1.76 bits per heavy atom. The van der Waals surface area contributed by atoms with E-state index in [2.05, 4.69) is 51.0 Å². The maximum absolute atomic E-state index is 13.0. The van der Waals surface area contributed by atoms with E-state index in [0.717, 1.165) is 53.8 Å². The topological polar surface area (TPSA) is 87.1 Å². The van der Waals surface area contributed by atoms with Crippen LogP contribution < -0.4 is 0 Å². The summed E-state index contributed by atoms with van der Waals surface area (Å²) in [5.41, 5.74) is 3.69. The van der Waals surface area contributed by atoms with Crippen molar-refractivity contribution in [3.05, 3.63) is 54.1 Å². The normalized spacial score (nSPS) is 17.9. The molecule has 0 radical (unpaired) electrons. The third kappa shape index (κ3) is 3.03. The molecule has 1 fully saturated rings. The molecule has 0 bridgehead atoms. The molecule has 1 saturated carbocycles. The molecule has 7 nitrogen and oxygen atoms in total. The van der Waals surface area contributed by atoms with E-state index >= 15 is 0 Å². The van der Waals surface area contributed by atoms with Gasteiger partial charge in [-0.2, -0.15) is 0 Å². The first-order chi connectivity index (χ1) is 14.2. The number of nitrogens with zero attached hydrogens (tertiary/aromatic N) is 5. The Morgan fingerprint density at radius 3 is 2.45 bits per heavy atom. The first kappa shape index (κ1) is 17.7. The standard InChI is InChI=1S/C22H22N6O/c1-15-23-22(12-4-5-13-22)21(29)28(15)14-16-8-10-17(11-9-16)18-6-2-3-7-19(18)20-24-26-27-25-20/h2-3,6-11H,4-5,12-14H2,1H3,(H,24,25,26,27). The van der Waals surface area contributed by atoms with Crippen LogP contribution in [0.15, 0.2) is 53.5 Å². The van der Waals surface area contributed by atoms with Crippen molar-refractivity contribution in [2.24, 2.45) is 4.99 Å². The Labute approximate surface area is 168 Å². The van der Waals surface area contributed by atoms with Crippen LogP contribution in [0.25, 0.3) is 22.5 Å². The third-order valence-corrected chi connectivity index (χ3v) is 5.97. The smallest absolute Gasteiger partial charge is 0.256 e. The highest BCUT2D eigenvalue weighted by molar-refractivity contribution is 6.07. The summed E-state index contributed by atoms with van der Waals surface area (Å²) in [7, 11) is 0. The number of carbonyl (C=O) groups excluding carboxylic acids is 1. The van der Waals surface area contributed by atoms with Crippen molar-refractivity contribution in [3.63, 3.8) is 0 Å². The van der Waals surface area contributed by atoms with E-state index in [1.54, 1.807) is 0 Å². The van der Waals surface area contributed by atoms with Crippen LogP contribution >= 0.6 is 0 Å². The molecule has 146 valence electrons. The molecule has 7 heteroatoms. The van der Waals surface area contributed by atoms with E-state index in [4.69, 9.17) is 4.99 Å². The van der Waals surface area contributed by atoms with Gasteiger partial charge < -0.3 is 0 Å². The van der Waals surface area contributed by atoms with Gasteiger partial charge >= 0.3 is 0 Å². The van der Waals surface area contributed by atoms with Gasteiger partial charge in [0.2, 0.25) is 0 Å². The van der Waals surface area contributed by atoms with E-state index in [-0.39, 0.29) is 5.91 Å². The lowest BCUT2D eigenvalue weighted by Crippen LogP contribution is -2.40. The molecule has 2 aliphatic rings. The van der Waals surface area contributed by atoms with Crippen LogP contribution in [0.1, 0.15) is 38.2 Å². The molecule has 0 saturated heterocycles. The molecule has 1 aromatic heterocycles. The van der Waals surface area contributed by atoms with Gasteiger partial charge in [0, 0.05) is 5.56 Å². The monoisotopic (exact) mass is 386 g/mol. The van der Waals surface area contributed by atoms with Crippen molar-refractivity contribution in [1.29, 1.82) is 0 Å². The highest BCUT2D eigenvalue weighted by Crippen LogP contribution is 2.39. The summed E-state index contributed by atoms with van der Waals surface area (Å²) in [6, 6.07) is 16.3. The molecule has 1 N–H and O–H groups in total. The van der Waals surface area contributed by atoms with E-state index < -0.39 is 5.54 Å². The van der Waals surface area contributed by atoms with Crippen molar-refractivity contribution < 1.29 is 4.79 Å². The van der Waals surface area contributed by atoms with Crippen molar-refractivity contribution >= 4 is 11.7 Å². The van der Waals surface area contributed by atoms with Gasteiger partial charge in [0.15, 0.2) is 5.82 Å². The number of carbonyl (C=O) groups is 1. The molecule has 5 rings (SSSR count). The highest BCUT2D eigenvalue weighted by Gasteiger charge is 2.48. The number of amides is 1. The molecule has 29 heavy (non-hydrogen) atoms. The van der Waals surface area contributed by atoms with E-state index in [1.807, 2.05) is 30.0 Å². The average Bonchev–Trinajstić information content (AvgIpc) is 3.48. The van der Waals surface area contributed by atoms with Crippen LogP contribution in [-0.4, -0.2) is 42.8 Å². The van der Waals surface area contributed by atoms with Crippen LogP contribution in [0, 0.1) is 0 Å². The fourth-order valence-electron chi connectivity index (χ4n) is 4.47. The Hall–Kier alpha value is -3.35. The second-order valence-corrected chi connectivity index (χ2v) is 7.78. The lowest BCUT2D eigenvalue weighted by atomic mass is 9.97. The van der Waals surface area contributed by atoms with Crippen LogP contribution in [-0.2, 0) is 11.3 Å². The fraction of sp³-hybridized carbons (Fsp3) is 0.318. The van der Waals surface area contributed by atoms with Gasteiger partial charge in [0.05, 0.1) is 6.54 Å². The predicted octanol–water partition coefficient (Wildman–Crippen LogP) is 3.61. The molecule has 1 aliphatic carbocycles. The van der Waals surface area contributed by atoms with Crippen molar-refractivity contribution in [2.45, 2.75) is 44.7 Å². The van der Waals surface area contributed by atoms with E-state index in [0.29, 0.717) is 12.4 Å². The van der Waals surface area contributed by atoms with Crippen LogP contribution in [0.4, 0.5) is 0 Å². The second kappa shape index (κ2) is 6.92. The van der Waals surface area contributed by atoms with Crippen LogP contribution in [0.5, 0.6) is 0 Å². The molecule has 1 amide bonds. The SMILES string of the molecule is CC1=NC2(CCCC2)C(=O)N1Cc1ccc(-c2ccccc2-c2nnn[nH]2)cc1. The van der Waals surface area contributed by atoms with Crippen LogP contribution in [0.3, 0.4) is 0 Å². The van der Waals surface area contributed by atoms with Gasteiger partial charge in [0.25, 0.3) is 5.91 Å². The largest absolute Gasteiger partial charge is 0.294 e. The van der Waals surface area contributed by atoms with Crippen molar-refractivity contribution in [3.8, 4) is 22.5 Å². The maximum Gasteiger partial charge on any atom is 0.256 e. The first-order valence-electron chi connectivity index (χ1n) is 9.97. The van der Waals surface area contributed by atoms with Gasteiger partial charge in [-0.1, -0.05) is 61.4 Å². The Morgan fingerprint density at radius 1 is 1.03 bits per heavy atom. The molecule has 3 aromatic rings. The molecular weight excluding hydrogens is 364 g/mol. The number of benzene rings is 2. The maximum atomic E-state index is 13.0. The minimum atomic E-state index is -0.478. The molecular formula is C22H22N6O. The number of H-pyrrole nitrogens is 1. The van der Waals surface area contributed by atoms with Crippen molar-refractivity contribution in [2.75, 3.05) is 0 Å². The Kier molecular flexibility index (Phi) is 4.23. The van der Waals surface area contributed by atoms with Gasteiger partial charge in [-0.15, -0.1) is 5.10 Å². The van der Waals surface area contributed by atoms with Gasteiger partial charge in [-0.25, -0.2) is 5.10 Å². The molecule has 2 aromatic carbocycles.